The van der Waals surface area contributed by atoms with E-state index in [4.69, 9.17) is 0 Å². The highest BCUT2D eigenvalue weighted by molar-refractivity contribution is 5.83. The monoisotopic (exact) mass is 286 g/mol. The molecule has 0 saturated carbocycles. The average molecular weight is 286 g/mol. The summed E-state index contributed by atoms with van der Waals surface area (Å²) >= 11 is 0. The molecule has 114 valence electrons. The first-order valence-electron chi connectivity index (χ1n) is 8.37. The lowest BCUT2D eigenvalue weighted by Crippen LogP contribution is -2.41. The van der Waals surface area contributed by atoms with Crippen molar-refractivity contribution in [1.82, 2.24) is 10.2 Å². The minimum absolute atomic E-state index is 0.0350. The van der Waals surface area contributed by atoms with Crippen molar-refractivity contribution in [2.45, 2.75) is 57.0 Å². The largest absolute Gasteiger partial charge is 0.341 e. The average Bonchev–Trinajstić information content (AvgIpc) is 2.84. The fraction of sp³-hybridized carbons (Fsp3) is 0.611. The van der Waals surface area contributed by atoms with Crippen LogP contribution in [0.2, 0.25) is 0 Å². The molecule has 3 nitrogen and oxygen atoms in total. The fourth-order valence-electron chi connectivity index (χ4n) is 3.77. The predicted octanol–water partition coefficient (Wildman–Crippen LogP) is 2.92. The molecule has 2 aliphatic rings. The van der Waals surface area contributed by atoms with E-state index >= 15 is 0 Å². The molecule has 2 saturated heterocycles. The number of hydrogen-bond acceptors (Lipinski definition) is 2. The second-order valence-corrected chi connectivity index (χ2v) is 6.46. The smallest absolute Gasteiger partial charge is 0.230 e. The van der Waals surface area contributed by atoms with Gasteiger partial charge in [-0.05, 0) is 31.2 Å². The van der Waals surface area contributed by atoms with Crippen LogP contribution < -0.4 is 5.32 Å². The van der Waals surface area contributed by atoms with E-state index in [1.807, 2.05) is 18.2 Å². The first-order valence-corrected chi connectivity index (χ1v) is 8.37. The molecule has 3 rings (SSSR count). The van der Waals surface area contributed by atoms with Crippen molar-refractivity contribution >= 4 is 5.91 Å². The quantitative estimate of drug-likeness (QED) is 0.923. The highest BCUT2D eigenvalue weighted by atomic mass is 16.2. The molecule has 2 aliphatic heterocycles. The van der Waals surface area contributed by atoms with Gasteiger partial charge in [0.2, 0.25) is 5.91 Å². The molecule has 0 spiro atoms. The SMILES string of the molecule is CCCC(C(=O)N1CCC2CCC(C1)N2)c1ccccc1. The molecule has 21 heavy (non-hydrogen) atoms. The Morgan fingerprint density at radius 3 is 2.76 bits per heavy atom. The summed E-state index contributed by atoms with van der Waals surface area (Å²) in [7, 11) is 0. The van der Waals surface area contributed by atoms with Crippen LogP contribution in [0.5, 0.6) is 0 Å². The Balaban J connectivity index is 1.74. The molecule has 3 unspecified atom stereocenters. The lowest BCUT2D eigenvalue weighted by atomic mass is 9.92. The molecule has 1 N–H and O–H groups in total. The summed E-state index contributed by atoms with van der Waals surface area (Å²) in [5, 5.41) is 3.65. The summed E-state index contributed by atoms with van der Waals surface area (Å²) in [6, 6.07) is 11.4. The number of fused-ring (bicyclic) bond motifs is 2. The van der Waals surface area contributed by atoms with E-state index in [1.165, 1.54) is 18.4 Å². The maximum atomic E-state index is 13.0. The van der Waals surface area contributed by atoms with Gasteiger partial charge in [-0.25, -0.2) is 0 Å². The van der Waals surface area contributed by atoms with E-state index < -0.39 is 0 Å². The molecule has 0 radical (unpaired) electrons. The molecule has 2 fully saturated rings. The molecular formula is C18H26N2O. The highest BCUT2D eigenvalue weighted by Crippen LogP contribution is 2.27. The maximum absolute atomic E-state index is 13.0. The Bertz CT molecular complexity index is 473. The van der Waals surface area contributed by atoms with Crippen LogP contribution in [0.3, 0.4) is 0 Å². The van der Waals surface area contributed by atoms with Crippen LogP contribution in [0.4, 0.5) is 0 Å². The minimum atomic E-state index is 0.0350. The zero-order valence-corrected chi connectivity index (χ0v) is 12.9. The molecule has 2 heterocycles. The van der Waals surface area contributed by atoms with E-state index in [9.17, 15) is 4.79 Å². The Kier molecular flexibility index (Phi) is 4.59. The molecule has 1 amide bonds. The lowest BCUT2D eigenvalue weighted by molar-refractivity contribution is -0.133. The summed E-state index contributed by atoms with van der Waals surface area (Å²) in [6.45, 7) is 3.97. The maximum Gasteiger partial charge on any atom is 0.230 e. The number of hydrogen-bond donors (Lipinski definition) is 1. The standard InChI is InChI=1S/C18H26N2O/c1-2-6-17(14-7-4-3-5-8-14)18(21)20-12-11-15-9-10-16(13-20)19-15/h3-5,7-8,15-17,19H,2,6,9-13H2,1H3. The van der Waals surface area contributed by atoms with Gasteiger partial charge >= 0.3 is 0 Å². The van der Waals surface area contributed by atoms with Crippen LogP contribution in [0.15, 0.2) is 30.3 Å². The number of likely N-dealkylation sites (tertiary alicyclic amines) is 1. The number of nitrogens with zero attached hydrogens (tertiary/aromatic N) is 1. The van der Waals surface area contributed by atoms with Gasteiger partial charge in [0.15, 0.2) is 0 Å². The van der Waals surface area contributed by atoms with Gasteiger partial charge in [0.25, 0.3) is 0 Å². The van der Waals surface area contributed by atoms with Gasteiger partial charge in [0, 0.05) is 25.2 Å². The topological polar surface area (TPSA) is 32.3 Å². The molecule has 3 atom stereocenters. The first kappa shape index (κ1) is 14.6. The minimum Gasteiger partial charge on any atom is -0.341 e. The number of rotatable bonds is 4. The van der Waals surface area contributed by atoms with Crippen LogP contribution in [0.1, 0.15) is 50.5 Å². The number of nitrogens with one attached hydrogen (secondary N) is 1. The Hall–Kier alpha value is -1.35. The van der Waals surface area contributed by atoms with Crippen molar-refractivity contribution in [3.63, 3.8) is 0 Å². The van der Waals surface area contributed by atoms with Crippen LogP contribution >= 0.6 is 0 Å². The summed E-state index contributed by atoms with van der Waals surface area (Å²) < 4.78 is 0. The van der Waals surface area contributed by atoms with Crippen molar-refractivity contribution in [3.8, 4) is 0 Å². The third-order valence-corrected chi connectivity index (χ3v) is 4.91. The molecule has 1 aromatic carbocycles. The molecular weight excluding hydrogens is 260 g/mol. The Morgan fingerprint density at radius 1 is 1.24 bits per heavy atom. The van der Waals surface area contributed by atoms with Crippen molar-refractivity contribution < 1.29 is 4.79 Å². The van der Waals surface area contributed by atoms with Gasteiger partial charge in [0.1, 0.15) is 0 Å². The van der Waals surface area contributed by atoms with Gasteiger partial charge in [0.05, 0.1) is 5.92 Å². The zero-order chi connectivity index (χ0) is 14.7. The van der Waals surface area contributed by atoms with E-state index in [0.29, 0.717) is 18.0 Å². The van der Waals surface area contributed by atoms with Gasteiger partial charge in [-0.15, -0.1) is 0 Å². The van der Waals surface area contributed by atoms with E-state index in [1.54, 1.807) is 0 Å². The predicted molar refractivity (Wildman–Crippen MR) is 85.2 cm³/mol. The molecule has 0 aromatic heterocycles. The van der Waals surface area contributed by atoms with Crippen molar-refractivity contribution in [1.29, 1.82) is 0 Å². The third-order valence-electron chi connectivity index (χ3n) is 4.91. The van der Waals surface area contributed by atoms with Crippen LogP contribution in [-0.2, 0) is 4.79 Å². The zero-order valence-electron chi connectivity index (χ0n) is 12.9. The molecule has 2 bridgehead atoms. The number of carbonyl (C=O) groups excluding carboxylic acids is 1. The second-order valence-electron chi connectivity index (χ2n) is 6.46. The van der Waals surface area contributed by atoms with Crippen LogP contribution in [0.25, 0.3) is 0 Å². The molecule has 3 heteroatoms. The highest BCUT2D eigenvalue weighted by Gasteiger charge is 2.33. The second kappa shape index (κ2) is 6.61. The molecule has 0 aliphatic carbocycles. The van der Waals surface area contributed by atoms with Crippen LogP contribution in [0, 0.1) is 0 Å². The van der Waals surface area contributed by atoms with Crippen molar-refractivity contribution in [2.75, 3.05) is 13.1 Å². The van der Waals surface area contributed by atoms with Crippen molar-refractivity contribution in [2.24, 2.45) is 0 Å². The number of carbonyl (C=O) groups is 1. The molecule has 1 aromatic rings. The number of benzene rings is 1. The van der Waals surface area contributed by atoms with Gasteiger partial charge in [-0.1, -0.05) is 43.7 Å². The normalized spacial score (nSPS) is 26.4. The van der Waals surface area contributed by atoms with Gasteiger partial charge in [-0.3, -0.25) is 4.79 Å². The lowest BCUT2D eigenvalue weighted by Gasteiger charge is -2.29. The van der Waals surface area contributed by atoms with E-state index in [0.717, 1.165) is 32.4 Å². The summed E-state index contributed by atoms with van der Waals surface area (Å²) in [6.07, 6.45) is 5.60. The van der Waals surface area contributed by atoms with Gasteiger partial charge in [-0.2, -0.15) is 0 Å². The van der Waals surface area contributed by atoms with Crippen molar-refractivity contribution in [3.05, 3.63) is 35.9 Å². The third kappa shape index (κ3) is 3.29. The van der Waals surface area contributed by atoms with Crippen LogP contribution in [-0.4, -0.2) is 36.0 Å². The Morgan fingerprint density at radius 2 is 2.00 bits per heavy atom. The van der Waals surface area contributed by atoms with E-state index in [-0.39, 0.29) is 5.92 Å². The first-order chi connectivity index (χ1) is 10.3. The van der Waals surface area contributed by atoms with Gasteiger partial charge < -0.3 is 10.2 Å². The summed E-state index contributed by atoms with van der Waals surface area (Å²) in [5.74, 6) is 0.366. The summed E-state index contributed by atoms with van der Waals surface area (Å²) in [4.78, 5) is 15.1. The summed E-state index contributed by atoms with van der Waals surface area (Å²) in [5.41, 5.74) is 1.17. The van der Waals surface area contributed by atoms with E-state index in [2.05, 4.69) is 29.3 Å². The fourth-order valence-corrected chi connectivity index (χ4v) is 3.77. The Labute approximate surface area is 127 Å². The number of amides is 1.